The number of benzene rings is 1. The molecule has 1 aliphatic carbocycles. The molecule has 3 aromatic rings. The van der Waals surface area contributed by atoms with Crippen LogP contribution in [0.1, 0.15) is 54.8 Å². The monoisotopic (exact) mass is 467 g/mol. The van der Waals surface area contributed by atoms with Crippen molar-refractivity contribution >= 4 is 21.2 Å². The smallest absolute Gasteiger partial charge is 0.181 e. The highest BCUT2D eigenvalue weighted by Crippen LogP contribution is 2.39. The minimum absolute atomic E-state index is 0.0286. The van der Waals surface area contributed by atoms with E-state index in [1.807, 2.05) is 23.6 Å². The van der Waals surface area contributed by atoms with Crippen molar-refractivity contribution in [1.82, 2.24) is 9.97 Å². The van der Waals surface area contributed by atoms with Gasteiger partial charge in [-0.2, -0.15) is 5.26 Å². The molecule has 2 fully saturated rings. The highest BCUT2D eigenvalue weighted by molar-refractivity contribution is 7.92. The molecule has 1 saturated carbocycles. The van der Waals surface area contributed by atoms with Gasteiger partial charge in [0.15, 0.2) is 9.84 Å². The Hall–Kier alpha value is -2.47. The van der Waals surface area contributed by atoms with Crippen LogP contribution in [0.4, 0.5) is 0 Å². The second-order valence-electron chi connectivity index (χ2n) is 8.62. The van der Waals surface area contributed by atoms with Crippen LogP contribution in [0.2, 0.25) is 0 Å². The third-order valence-electron chi connectivity index (χ3n) is 6.46. The van der Waals surface area contributed by atoms with Gasteiger partial charge in [-0.1, -0.05) is 12.1 Å². The summed E-state index contributed by atoms with van der Waals surface area (Å²) in [4.78, 5) is 8.24. The molecule has 6 nitrogen and oxygen atoms in total. The van der Waals surface area contributed by atoms with Gasteiger partial charge >= 0.3 is 0 Å². The molecule has 2 aliphatic rings. The van der Waals surface area contributed by atoms with Crippen molar-refractivity contribution in [3.05, 3.63) is 58.7 Å². The molecular formula is C24H25N3O3S2. The summed E-state index contributed by atoms with van der Waals surface area (Å²) >= 11 is 1.53. The molecule has 1 aliphatic heterocycles. The molecular weight excluding hydrogens is 442 g/mol. The first kappa shape index (κ1) is 21.4. The van der Waals surface area contributed by atoms with Crippen LogP contribution in [0.5, 0.6) is 0 Å². The van der Waals surface area contributed by atoms with Crippen molar-refractivity contribution in [2.45, 2.75) is 48.2 Å². The van der Waals surface area contributed by atoms with E-state index in [0.29, 0.717) is 16.4 Å². The summed E-state index contributed by atoms with van der Waals surface area (Å²) in [5.41, 5.74) is 3.36. The van der Waals surface area contributed by atoms with Crippen LogP contribution in [0.25, 0.3) is 10.7 Å². The molecule has 1 unspecified atom stereocenters. The lowest BCUT2D eigenvalue weighted by Crippen LogP contribution is -2.19. The summed E-state index contributed by atoms with van der Waals surface area (Å²) in [5, 5.41) is 12.4. The fraction of sp³-hybridized carbons (Fsp3) is 0.417. The fourth-order valence-corrected chi connectivity index (χ4v) is 6.77. The van der Waals surface area contributed by atoms with Gasteiger partial charge in [0.05, 0.1) is 21.4 Å². The van der Waals surface area contributed by atoms with E-state index in [2.05, 4.69) is 16.0 Å². The fourth-order valence-electron chi connectivity index (χ4n) is 4.51. The molecule has 1 saturated heterocycles. The number of hydrogen-bond donors (Lipinski definition) is 1. The Morgan fingerprint density at radius 3 is 2.56 bits per heavy atom. The maximum Gasteiger partial charge on any atom is 0.181 e. The Morgan fingerprint density at radius 1 is 1.19 bits per heavy atom. The number of ether oxygens (including phenoxy) is 1. The molecule has 0 amide bonds. The molecule has 1 atom stereocenters. The number of H-pyrrole nitrogens is 1. The first-order chi connectivity index (χ1) is 15.6. The Kier molecular flexibility index (Phi) is 5.89. The maximum absolute atomic E-state index is 12.6. The van der Waals surface area contributed by atoms with Crippen molar-refractivity contribution in [1.29, 1.82) is 5.26 Å². The Labute approximate surface area is 192 Å². The highest BCUT2D eigenvalue weighted by atomic mass is 32.2. The Balaban J connectivity index is 1.52. The second kappa shape index (κ2) is 8.81. The van der Waals surface area contributed by atoms with Crippen molar-refractivity contribution < 1.29 is 13.2 Å². The van der Waals surface area contributed by atoms with Crippen LogP contribution in [0.3, 0.4) is 0 Å². The van der Waals surface area contributed by atoms with E-state index in [-0.39, 0.29) is 11.2 Å². The quantitative estimate of drug-likeness (QED) is 0.533. The summed E-state index contributed by atoms with van der Waals surface area (Å²) in [6, 6.07) is 11.5. The summed E-state index contributed by atoms with van der Waals surface area (Å²) in [5.74, 6) is 0.459. The van der Waals surface area contributed by atoms with Crippen molar-refractivity contribution in [2.24, 2.45) is 5.92 Å². The van der Waals surface area contributed by atoms with Crippen molar-refractivity contribution in [2.75, 3.05) is 13.2 Å². The number of aromatic nitrogens is 2. The normalized spacial score (nSPS) is 18.3. The molecule has 1 N–H and O–H groups in total. The predicted molar refractivity (Wildman–Crippen MR) is 123 cm³/mol. The Morgan fingerprint density at radius 2 is 1.94 bits per heavy atom. The lowest BCUT2D eigenvalue weighted by atomic mass is 9.82. The van der Waals surface area contributed by atoms with Crippen LogP contribution >= 0.6 is 11.3 Å². The standard InChI is InChI=1S/C24H25N3O3S2/c25-15-18-14-22(24-26-9-12-31-24)27-23(18)21(13-16-7-10-30-11-8-16)17-1-3-19(4-2-17)32(28,29)20-5-6-20/h1-4,9,12,14,16,20-21,27H,5-8,10-11,13H2. The van der Waals surface area contributed by atoms with E-state index in [4.69, 9.17) is 4.74 Å². The number of nitriles is 1. The average molecular weight is 468 g/mol. The predicted octanol–water partition coefficient (Wildman–Crippen LogP) is 4.89. The first-order valence-electron chi connectivity index (χ1n) is 11.0. The van der Waals surface area contributed by atoms with E-state index in [0.717, 1.165) is 67.3 Å². The zero-order valence-corrected chi connectivity index (χ0v) is 19.3. The molecule has 0 radical (unpaired) electrons. The molecule has 3 heterocycles. The number of hydrogen-bond acceptors (Lipinski definition) is 6. The number of rotatable bonds is 7. The van der Waals surface area contributed by atoms with E-state index >= 15 is 0 Å². The third-order valence-corrected chi connectivity index (χ3v) is 9.55. The average Bonchev–Trinajstić information content (AvgIpc) is 3.39. The number of thiazole rings is 1. The highest BCUT2D eigenvalue weighted by Gasteiger charge is 2.37. The van der Waals surface area contributed by atoms with E-state index < -0.39 is 9.84 Å². The van der Waals surface area contributed by atoms with Crippen LogP contribution in [0.15, 0.2) is 46.8 Å². The zero-order valence-electron chi connectivity index (χ0n) is 17.7. The molecule has 0 spiro atoms. The number of nitrogens with zero attached hydrogens (tertiary/aromatic N) is 2. The molecule has 1 aromatic carbocycles. The lowest BCUT2D eigenvalue weighted by molar-refractivity contribution is 0.0626. The number of nitrogens with one attached hydrogen (secondary N) is 1. The maximum atomic E-state index is 12.6. The summed E-state index contributed by atoms with van der Waals surface area (Å²) in [6.45, 7) is 1.52. The summed E-state index contributed by atoms with van der Waals surface area (Å²) in [6.07, 6.45) is 6.13. The summed E-state index contributed by atoms with van der Waals surface area (Å²) in [7, 11) is -3.22. The van der Waals surface area contributed by atoms with E-state index in [1.54, 1.807) is 18.3 Å². The minimum atomic E-state index is -3.22. The van der Waals surface area contributed by atoms with Crippen LogP contribution < -0.4 is 0 Å². The first-order valence-corrected chi connectivity index (χ1v) is 13.4. The van der Waals surface area contributed by atoms with Gasteiger partial charge in [-0.15, -0.1) is 11.3 Å². The van der Waals surface area contributed by atoms with Crippen molar-refractivity contribution in [3.63, 3.8) is 0 Å². The molecule has 5 rings (SSSR count). The van der Waals surface area contributed by atoms with Crippen LogP contribution in [-0.2, 0) is 14.6 Å². The van der Waals surface area contributed by atoms with Gasteiger partial charge in [0.25, 0.3) is 0 Å². The van der Waals surface area contributed by atoms with Crippen LogP contribution in [0, 0.1) is 17.2 Å². The SMILES string of the molecule is N#Cc1cc(-c2nccs2)[nH]c1C(CC1CCOCC1)c1ccc(S(=O)(=O)C2CC2)cc1. The Bertz CT molecular complexity index is 1210. The number of sulfone groups is 1. The van der Waals surface area contributed by atoms with Gasteiger partial charge in [0.2, 0.25) is 0 Å². The van der Waals surface area contributed by atoms with Gasteiger partial charge in [0, 0.05) is 36.4 Å². The van der Waals surface area contributed by atoms with Gasteiger partial charge in [0.1, 0.15) is 11.1 Å². The lowest BCUT2D eigenvalue weighted by Gasteiger charge is -2.27. The zero-order chi connectivity index (χ0) is 22.1. The topological polar surface area (TPSA) is 95.8 Å². The molecule has 2 aromatic heterocycles. The molecule has 0 bridgehead atoms. The third kappa shape index (κ3) is 4.25. The molecule has 8 heteroatoms. The van der Waals surface area contributed by atoms with Crippen LogP contribution in [-0.4, -0.2) is 36.8 Å². The van der Waals surface area contributed by atoms with Gasteiger partial charge in [-0.05, 0) is 61.8 Å². The minimum Gasteiger partial charge on any atom is -0.381 e. The van der Waals surface area contributed by atoms with Gasteiger partial charge in [-0.25, -0.2) is 13.4 Å². The molecule has 32 heavy (non-hydrogen) atoms. The summed E-state index contributed by atoms with van der Waals surface area (Å²) < 4.78 is 30.8. The van der Waals surface area contributed by atoms with Gasteiger partial charge < -0.3 is 9.72 Å². The van der Waals surface area contributed by atoms with Gasteiger partial charge in [-0.3, -0.25) is 0 Å². The molecule has 166 valence electrons. The van der Waals surface area contributed by atoms with Crippen molar-refractivity contribution in [3.8, 4) is 16.8 Å². The van der Waals surface area contributed by atoms with E-state index in [9.17, 15) is 13.7 Å². The largest absolute Gasteiger partial charge is 0.381 e. The second-order valence-corrected chi connectivity index (χ2v) is 11.7. The van der Waals surface area contributed by atoms with E-state index in [1.165, 1.54) is 11.3 Å². The number of aromatic amines is 1.